The molecule has 5 atom stereocenters. The first-order valence-electron chi connectivity index (χ1n) is 11.1. The average molecular weight is 426 g/mol. The van der Waals surface area contributed by atoms with Crippen LogP contribution in [0, 0.1) is 22.0 Å². The Morgan fingerprint density at radius 3 is 2.90 bits per heavy atom. The lowest BCUT2D eigenvalue weighted by atomic mass is 9.73. The van der Waals surface area contributed by atoms with E-state index in [1.54, 1.807) is 7.11 Å². The molecule has 0 aliphatic carbocycles. The van der Waals surface area contributed by atoms with Gasteiger partial charge in [-0.25, -0.2) is 0 Å². The van der Waals surface area contributed by atoms with Gasteiger partial charge in [-0.05, 0) is 67.0 Å². The lowest BCUT2D eigenvalue weighted by Crippen LogP contribution is -2.55. The number of aromatic nitrogens is 1. The number of nitro groups is 1. The van der Waals surface area contributed by atoms with E-state index in [0.717, 1.165) is 48.0 Å². The molecule has 7 nitrogen and oxygen atoms in total. The SMILES string of the molecule is C=C[C@H]1CN2CCC1C[C@H]2[C@H](O)c1c(CC)c(CC[N+](=O)[O-])nc2ccc(OC)cc12. The standard InChI is InChI=1S/C24H31N3O4/c1-4-15-14-26-10-8-16(15)12-22(26)24(28)23-18(5-2)21(9-11-27(29)30)25-20-7-6-17(31-3)13-19(20)23/h4,6-7,13,15-16,22,24,28H,1,5,8-12,14H2,2-3H3/t15-,16?,22-,24-/m0/s1. The van der Waals surface area contributed by atoms with Crippen molar-refractivity contribution in [3.05, 3.63) is 57.8 Å². The predicted molar refractivity (Wildman–Crippen MR) is 120 cm³/mol. The maximum Gasteiger partial charge on any atom is 0.209 e. The minimum Gasteiger partial charge on any atom is -0.497 e. The molecule has 4 heterocycles. The van der Waals surface area contributed by atoms with Gasteiger partial charge in [-0.15, -0.1) is 6.58 Å². The Kier molecular flexibility index (Phi) is 6.25. The first kappa shape index (κ1) is 21.7. The number of rotatable bonds is 8. The van der Waals surface area contributed by atoms with Crippen LogP contribution in [-0.2, 0) is 12.8 Å². The zero-order valence-electron chi connectivity index (χ0n) is 18.3. The second-order valence-corrected chi connectivity index (χ2v) is 8.68. The summed E-state index contributed by atoms with van der Waals surface area (Å²) in [5, 5.41) is 23.6. The molecule has 7 heteroatoms. The Balaban J connectivity index is 1.82. The molecule has 31 heavy (non-hydrogen) atoms. The summed E-state index contributed by atoms with van der Waals surface area (Å²) in [6.45, 7) is 7.76. The summed E-state index contributed by atoms with van der Waals surface area (Å²) in [7, 11) is 1.62. The molecule has 0 spiro atoms. The molecule has 1 aromatic heterocycles. The molecule has 3 aliphatic rings. The van der Waals surface area contributed by atoms with Crippen LogP contribution in [0.25, 0.3) is 10.9 Å². The summed E-state index contributed by atoms with van der Waals surface area (Å²) in [4.78, 5) is 17.9. The Bertz CT molecular complexity index is 992. The number of fused-ring (bicyclic) bond motifs is 4. The van der Waals surface area contributed by atoms with Gasteiger partial charge in [0.25, 0.3) is 0 Å². The summed E-state index contributed by atoms with van der Waals surface area (Å²) in [6.07, 6.45) is 4.35. The summed E-state index contributed by atoms with van der Waals surface area (Å²) >= 11 is 0. The van der Waals surface area contributed by atoms with Crippen molar-refractivity contribution in [1.82, 2.24) is 9.88 Å². The largest absolute Gasteiger partial charge is 0.497 e. The third kappa shape index (κ3) is 4.04. The van der Waals surface area contributed by atoms with Crippen molar-refractivity contribution in [2.45, 2.75) is 44.8 Å². The van der Waals surface area contributed by atoms with Crippen LogP contribution >= 0.6 is 0 Å². The minimum absolute atomic E-state index is 0.0282. The van der Waals surface area contributed by atoms with Crippen molar-refractivity contribution in [1.29, 1.82) is 0 Å². The Morgan fingerprint density at radius 2 is 2.29 bits per heavy atom. The number of pyridine rings is 1. The second-order valence-electron chi connectivity index (χ2n) is 8.68. The second kappa shape index (κ2) is 8.93. The van der Waals surface area contributed by atoms with Crippen LogP contribution < -0.4 is 4.74 Å². The zero-order chi connectivity index (χ0) is 22.1. The number of aliphatic hydroxyl groups excluding tert-OH is 1. The van der Waals surface area contributed by atoms with Crippen molar-refractivity contribution in [3.63, 3.8) is 0 Å². The van der Waals surface area contributed by atoms with Crippen LogP contribution in [0.4, 0.5) is 0 Å². The molecule has 2 bridgehead atoms. The normalized spacial score (nSPS) is 26.0. The molecule has 0 radical (unpaired) electrons. The fourth-order valence-corrected chi connectivity index (χ4v) is 5.52. The van der Waals surface area contributed by atoms with E-state index in [1.165, 1.54) is 0 Å². The molecule has 1 N–H and O–H groups in total. The number of aliphatic hydroxyl groups is 1. The third-order valence-corrected chi connectivity index (χ3v) is 7.12. The van der Waals surface area contributed by atoms with E-state index in [2.05, 4.69) is 17.6 Å². The number of hydrogen-bond acceptors (Lipinski definition) is 6. The van der Waals surface area contributed by atoms with Gasteiger partial charge in [0.2, 0.25) is 6.54 Å². The summed E-state index contributed by atoms with van der Waals surface area (Å²) < 4.78 is 5.44. The van der Waals surface area contributed by atoms with E-state index in [1.807, 2.05) is 25.1 Å². The quantitative estimate of drug-likeness (QED) is 0.395. The van der Waals surface area contributed by atoms with Gasteiger partial charge < -0.3 is 9.84 Å². The van der Waals surface area contributed by atoms with Gasteiger partial charge in [0.15, 0.2) is 0 Å². The molecular formula is C24H31N3O4. The van der Waals surface area contributed by atoms with E-state index in [0.29, 0.717) is 29.7 Å². The molecule has 3 aliphatic heterocycles. The highest BCUT2D eigenvalue weighted by molar-refractivity contribution is 5.85. The highest BCUT2D eigenvalue weighted by atomic mass is 16.6. The van der Waals surface area contributed by atoms with Crippen LogP contribution in [0.3, 0.4) is 0 Å². The van der Waals surface area contributed by atoms with Crippen LogP contribution in [-0.4, -0.2) is 52.7 Å². The molecule has 0 amide bonds. The van der Waals surface area contributed by atoms with Crippen molar-refractivity contribution in [2.24, 2.45) is 11.8 Å². The lowest BCUT2D eigenvalue weighted by molar-refractivity contribution is -0.479. The number of nitrogens with zero attached hydrogens (tertiary/aromatic N) is 3. The lowest BCUT2D eigenvalue weighted by Gasteiger charge is -2.50. The fraction of sp³-hybridized carbons (Fsp3) is 0.542. The summed E-state index contributed by atoms with van der Waals surface area (Å²) in [5.74, 6) is 1.73. The van der Waals surface area contributed by atoms with E-state index < -0.39 is 6.10 Å². The molecule has 2 unspecified atom stereocenters. The molecule has 1 aromatic carbocycles. The van der Waals surface area contributed by atoms with Gasteiger partial charge in [-0.3, -0.25) is 20.0 Å². The predicted octanol–water partition coefficient (Wildman–Crippen LogP) is 3.55. The maximum atomic E-state index is 11.7. The monoisotopic (exact) mass is 425 g/mol. The number of benzene rings is 1. The third-order valence-electron chi connectivity index (χ3n) is 7.12. The van der Waals surface area contributed by atoms with Gasteiger partial charge in [-0.2, -0.15) is 0 Å². The molecule has 3 saturated heterocycles. The van der Waals surface area contributed by atoms with Crippen LogP contribution in [0.5, 0.6) is 5.75 Å². The van der Waals surface area contributed by atoms with Crippen molar-refractivity contribution < 1.29 is 14.8 Å². The highest BCUT2D eigenvalue weighted by Crippen LogP contribution is 2.43. The Labute approximate surface area is 182 Å². The molecule has 166 valence electrons. The molecule has 3 fully saturated rings. The highest BCUT2D eigenvalue weighted by Gasteiger charge is 2.43. The van der Waals surface area contributed by atoms with Gasteiger partial charge in [0, 0.05) is 22.9 Å². The summed E-state index contributed by atoms with van der Waals surface area (Å²) in [5.41, 5.74) is 3.24. The first-order valence-corrected chi connectivity index (χ1v) is 11.1. The van der Waals surface area contributed by atoms with E-state index in [9.17, 15) is 15.2 Å². The zero-order valence-corrected chi connectivity index (χ0v) is 18.3. The van der Waals surface area contributed by atoms with Gasteiger partial charge in [-0.1, -0.05) is 13.0 Å². The molecule has 2 aromatic rings. The minimum atomic E-state index is -0.685. The van der Waals surface area contributed by atoms with Gasteiger partial charge in [0.1, 0.15) is 5.75 Å². The Hall–Kier alpha value is -2.51. The smallest absolute Gasteiger partial charge is 0.209 e. The van der Waals surface area contributed by atoms with Gasteiger partial charge >= 0.3 is 0 Å². The summed E-state index contributed by atoms with van der Waals surface area (Å²) in [6, 6.07) is 5.68. The topological polar surface area (TPSA) is 88.7 Å². The van der Waals surface area contributed by atoms with E-state index >= 15 is 0 Å². The fourth-order valence-electron chi connectivity index (χ4n) is 5.52. The number of hydrogen-bond donors (Lipinski definition) is 1. The first-order chi connectivity index (χ1) is 15.0. The van der Waals surface area contributed by atoms with Gasteiger partial charge in [0.05, 0.1) is 30.8 Å². The van der Waals surface area contributed by atoms with E-state index in [4.69, 9.17) is 9.72 Å². The van der Waals surface area contributed by atoms with Crippen LogP contribution in [0.15, 0.2) is 30.9 Å². The van der Waals surface area contributed by atoms with Crippen LogP contribution in [0.1, 0.15) is 42.7 Å². The van der Waals surface area contributed by atoms with Crippen molar-refractivity contribution >= 4 is 10.9 Å². The Morgan fingerprint density at radius 1 is 1.48 bits per heavy atom. The maximum absolute atomic E-state index is 11.7. The van der Waals surface area contributed by atoms with Crippen LogP contribution in [0.2, 0.25) is 0 Å². The number of methoxy groups -OCH3 is 1. The molecular weight excluding hydrogens is 394 g/mol. The molecule has 0 saturated carbocycles. The molecule has 5 rings (SSSR count). The van der Waals surface area contributed by atoms with Crippen molar-refractivity contribution in [3.8, 4) is 5.75 Å². The average Bonchev–Trinajstić information content (AvgIpc) is 2.80. The number of piperidine rings is 3. The van der Waals surface area contributed by atoms with E-state index in [-0.39, 0.29) is 23.9 Å². The van der Waals surface area contributed by atoms with Crippen molar-refractivity contribution in [2.75, 3.05) is 26.7 Å². The number of ether oxygens (including phenoxy) is 1.